The van der Waals surface area contributed by atoms with Crippen LogP contribution in [-0.4, -0.2) is 17.1 Å². The van der Waals surface area contributed by atoms with Crippen LogP contribution < -0.4 is 5.73 Å². The Morgan fingerprint density at radius 2 is 2.21 bits per heavy atom. The van der Waals surface area contributed by atoms with E-state index in [9.17, 15) is 0 Å². The third-order valence-corrected chi connectivity index (χ3v) is 1.77. The van der Waals surface area contributed by atoms with Gasteiger partial charge in [0.15, 0.2) is 0 Å². The van der Waals surface area contributed by atoms with Crippen LogP contribution in [0.4, 0.5) is 0 Å². The van der Waals surface area contributed by atoms with Crippen LogP contribution in [0.15, 0.2) is 24.5 Å². The third-order valence-electron chi connectivity index (χ3n) is 1.77. The summed E-state index contributed by atoms with van der Waals surface area (Å²) < 4.78 is 5.81. The highest BCUT2D eigenvalue weighted by molar-refractivity contribution is 5.12. The summed E-state index contributed by atoms with van der Waals surface area (Å²) in [5, 5.41) is 0. The molecule has 1 rings (SSSR count). The van der Waals surface area contributed by atoms with Gasteiger partial charge in [-0.3, -0.25) is 4.98 Å². The van der Waals surface area contributed by atoms with Crippen LogP contribution >= 0.6 is 0 Å². The number of nitrogens with two attached hydrogens (primary N) is 1. The van der Waals surface area contributed by atoms with Crippen LogP contribution in [-0.2, 0) is 4.74 Å². The molecule has 0 aliphatic rings. The molecule has 0 aliphatic heterocycles. The predicted molar refractivity (Wildman–Crippen MR) is 56.9 cm³/mol. The Kier molecular flexibility index (Phi) is 3.61. The molecular weight excluding hydrogens is 176 g/mol. The van der Waals surface area contributed by atoms with Crippen molar-refractivity contribution < 1.29 is 4.74 Å². The number of rotatable bonds is 3. The van der Waals surface area contributed by atoms with Crippen LogP contribution in [0.2, 0.25) is 0 Å². The number of nitrogens with zero attached hydrogens (tertiary/aromatic N) is 1. The summed E-state index contributed by atoms with van der Waals surface area (Å²) in [7, 11) is 0. The van der Waals surface area contributed by atoms with Crippen molar-refractivity contribution >= 4 is 0 Å². The average Bonchev–Trinajstić information content (AvgIpc) is 2.14. The van der Waals surface area contributed by atoms with E-state index in [0.717, 1.165) is 5.56 Å². The van der Waals surface area contributed by atoms with Crippen molar-refractivity contribution in [2.45, 2.75) is 32.5 Å². The molecule has 1 atom stereocenters. The Morgan fingerprint density at radius 1 is 1.50 bits per heavy atom. The van der Waals surface area contributed by atoms with Crippen molar-refractivity contribution in [3.05, 3.63) is 30.1 Å². The van der Waals surface area contributed by atoms with Crippen LogP contribution in [0.3, 0.4) is 0 Å². The van der Waals surface area contributed by atoms with Crippen molar-refractivity contribution in [3.8, 4) is 0 Å². The molecule has 0 bridgehead atoms. The molecule has 2 N–H and O–H groups in total. The van der Waals surface area contributed by atoms with Gasteiger partial charge in [-0.1, -0.05) is 6.07 Å². The number of pyridine rings is 1. The lowest BCUT2D eigenvalue weighted by Gasteiger charge is -2.26. The molecule has 0 radical (unpaired) electrons. The molecular formula is C11H18N2O. The molecule has 1 aromatic heterocycles. The van der Waals surface area contributed by atoms with E-state index in [-0.39, 0.29) is 11.7 Å². The third kappa shape index (κ3) is 3.44. The predicted octanol–water partition coefficient (Wildman–Crippen LogP) is 1.90. The molecule has 0 fully saturated rings. The minimum atomic E-state index is -0.181. The lowest BCUT2D eigenvalue weighted by Crippen LogP contribution is -2.27. The molecule has 14 heavy (non-hydrogen) atoms. The van der Waals surface area contributed by atoms with Gasteiger partial charge >= 0.3 is 0 Å². The van der Waals surface area contributed by atoms with Gasteiger partial charge in [-0.2, -0.15) is 0 Å². The summed E-state index contributed by atoms with van der Waals surface area (Å²) in [5.74, 6) is 0. The minimum Gasteiger partial charge on any atom is -0.367 e. The van der Waals surface area contributed by atoms with E-state index in [1.54, 1.807) is 12.4 Å². The normalized spacial score (nSPS) is 14.0. The summed E-state index contributed by atoms with van der Waals surface area (Å²) in [4.78, 5) is 4.05. The largest absolute Gasteiger partial charge is 0.367 e. The molecule has 3 nitrogen and oxygen atoms in total. The van der Waals surface area contributed by atoms with Crippen molar-refractivity contribution in [1.82, 2.24) is 4.98 Å². The fraction of sp³-hybridized carbons (Fsp3) is 0.545. The lowest BCUT2D eigenvalue weighted by atomic mass is 10.1. The molecule has 0 aromatic carbocycles. The highest BCUT2D eigenvalue weighted by atomic mass is 16.5. The molecule has 1 unspecified atom stereocenters. The second-order valence-corrected chi connectivity index (χ2v) is 4.24. The first-order chi connectivity index (χ1) is 6.53. The highest BCUT2D eigenvalue weighted by Gasteiger charge is 2.18. The molecule has 0 amide bonds. The summed E-state index contributed by atoms with van der Waals surface area (Å²) in [6.45, 7) is 6.53. The molecule has 0 spiro atoms. The zero-order valence-electron chi connectivity index (χ0n) is 9.03. The fourth-order valence-corrected chi connectivity index (χ4v) is 1.25. The first-order valence-electron chi connectivity index (χ1n) is 4.81. The Hall–Kier alpha value is -0.930. The van der Waals surface area contributed by atoms with Crippen LogP contribution in [0, 0.1) is 0 Å². The fourth-order valence-electron chi connectivity index (χ4n) is 1.25. The van der Waals surface area contributed by atoms with Gasteiger partial charge in [0, 0.05) is 24.5 Å². The van der Waals surface area contributed by atoms with Crippen LogP contribution in [0.25, 0.3) is 0 Å². The molecule has 0 aliphatic carbocycles. The maximum Gasteiger partial charge on any atom is 0.0969 e. The van der Waals surface area contributed by atoms with Gasteiger partial charge in [-0.15, -0.1) is 0 Å². The first kappa shape index (κ1) is 11.1. The molecule has 3 heteroatoms. The van der Waals surface area contributed by atoms with Gasteiger partial charge in [0.05, 0.1) is 11.7 Å². The van der Waals surface area contributed by atoms with E-state index in [1.807, 2.05) is 32.9 Å². The van der Waals surface area contributed by atoms with Crippen molar-refractivity contribution in [1.29, 1.82) is 0 Å². The van der Waals surface area contributed by atoms with Gasteiger partial charge < -0.3 is 10.5 Å². The molecule has 0 saturated carbocycles. The summed E-state index contributed by atoms with van der Waals surface area (Å²) in [5.41, 5.74) is 6.51. The summed E-state index contributed by atoms with van der Waals surface area (Å²) in [6, 6.07) is 3.88. The van der Waals surface area contributed by atoms with Gasteiger partial charge in [0.25, 0.3) is 0 Å². The number of aromatic nitrogens is 1. The van der Waals surface area contributed by atoms with E-state index in [2.05, 4.69) is 4.98 Å². The highest BCUT2D eigenvalue weighted by Crippen LogP contribution is 2.21. The smallest absolute Gasteiger partial charge is 0.0969 e. The number of hydrogen-bond acceptors (Lipinski definition) is 3. The summed E-state index contributed by atoms with van der Waals surface area (Å²) in [6.07, 6.45) is 3.47. The molecule has 0 saturated heterocycles. The second-order valence-electron chi connectivity index (χ2n) is 4.24. The van der Waals surface area contributed by atoms with Gasteiger partial charge in [0.2, 0.25) is 0 Å². The van der Waals surface area contributed by atoms with Crippen molar-refractivity contribution in [2.24, 2.45) is 5.73 Å². The Labute approximate surface area is 85.3 Å². The van der Waals surface area contributed by atoms with Gasteiger partial charge in [0.1, 0.15) is 0 Å². The lowest BCUT2D eigenvalue weighted by molar-refractivity contribution is -0.0574. The molecule has 1 aromatic rings. The van der Waals surface area contributed by atoms with Crippen LogP contribution in [0.5, 0.6) is 0 Å². The standard InChI is InChI=1S/C11H18N2O/c1-11(2,3)14-10(7-12)9-5-4-6-13-8-9/h4-6,8,10H,7,12H2,1-3H3. The van der Waals surface area contributed by atoms with Crippen LogP contribution in [0.1, 0.15) is 32.4 Å². The zero-order valence-corrected chi connectivity index (χ0v) is 9.03. The minimum absolute atomic E-state index is 0.0660. The SMILES string of the molecule is CC(C)(C)OC(CN)c1cccnc1. The Balaban J connectivity index is 2.73. The van der Waals surface area contributed by atoms with E-state index in [0.29, 0.717) is 6.54 Å². The number of hydrogen-bond donors (Lipinski definition) is 1. The first-order valence-corrected chi connectivity index (χ1v) is 4.81. The summed E-state index contributed by atoms with van der Waals surface area (Å²) >= 11 is 0. The number of ether oxygens (including phenoxy) is 1. The van der Waals surface area contributed by atoms with E-state index in [1.165, 1.54) is 0 Å². The van der Waals surface area contributed by atoms with E-state index < -0.39 is 0 Å². The van der Waals surface area contributed by atoms with Gasteiger partial charge in [-0.25, -0.2) is 0 Å². The zero-order chi connectivity index (χ0) is 10.6. The van der Waals surface area contributed by atoms with Crippen molar-refractivity contribution in [3.63, 3.8) is 0 Å². The maximum absolute atomic E-state index is 5.81. The molecule has 1 heterocycles. The Bertz CT molecular complexity index is 266. The second kappa shape index (κ2) is 4.53. The van der Waals surface area contributed by atoms with Gasteiger partial charge in [-0.05, 0) is 26.8 Å². The molecule has 78 valence electrons. The Morgan fingerprint density at radius 3 is 2.64 bits per heavy atom. The monoisotopic (exact) mass is 194 g/mol. The maximum atomic E-state index is 5.81. The van der Waals surface area contributed by atoms with E-state index >= 15 is 0 Å². The topological polar surface area (TPSA) is 48.1 Å². The quantitative estimate of drug-likeness (QED) is 0.799. The van der Waals surface area contributed by atoms with Crippen molar-refractivity contribution in [2.75, 3.05) is 6.54 Å². The average molecular weight is 194 g/mol. The van der Waals surface area contributed by atoms with E-state index in [4.69, 9.17) is 10.5 Å².